The van der Waals surface area contributed by atoms with Gasteiger partial charge in [0.1, 0.15) is 11.5 Å². The number of aromatic nitrogens is 7. The first-order valence-corrected chi connectivity index (χ1v) is 15.2. The van der Waals surface area contributed by atoms with Gasteiger partial charge in [-0.3, -0.25) is 19.9 Å². The number of aromatic amines is 2. The van der Waals surface area contributed by atoms with Gasteiger partial charge in [-0.2, -0.15) is 5.10 Å². The number of imidazole rings is 1. The van der Waals surface area contributed by atoms with Crippen LogP contribution in [0.1, 0.15) is 25.3 Å². The van der Waals surface area contributed by atoms with Crippen LogP contribution < -0.4 is 10.0 Å². The van der Waals surface area contributed by atoms with E-state index in [-0.39, 0.29) is 12.5 Å². The van der Waals surface area contributed by atoms with Crippen molar-refractivity contribution < 1.29 is 17.6 Å². The molecule has 0 spiro atoms. The molecule has 5 heterocycles. The Bertz CT molecular complexity index is 2110. The summed E-state index contributed by atoms with van der Waals surface area (Å²) in [5.41, 5.74) is 5.84. The molecule has 0 fully saturated rings. The molecule has 43 heavy (non-hydrogen) atoms. The number of nitrogens with one attached hydrogen (secondary N) is 4. The lowest BCUT2D eigenvalue weighted by atomic mass is 10.0. The highest BCUT2D eigenvalue weighted by Crippen LogP contribution is 2.33. The average molecular weight is 600 g/mol. The molecule has 1 amide bonds. The summed E-state index contributed by atoms with van der Waals surface area (Å²) >= 11 is 0. The van der Waals surface area contributed by atoms with Crippen LogP contribution >= 0.6 is 0 Å². The quantitative estimate of drug-likeness (QED) is 0.187. The molecule has 5 aromatic heterocycles. The van der Waals surface area contributed by atoms with Gasteiger partial charge in [0.15, 0.2) is 11.5 Å². The number of hydrogen-bond donors (Lipinski definition) is 4. The summed E-state index contributed by atoms with van der Waals surface area (Å²) in [4.78, 5) is 33.2. The molecule has 0 radical (unpaired) electrons. The zero-order chi connectivity index (χ0) is 30.1. The lowest BCUT2D eigenvalue weighted by molar-refractivity contribution is -0.116. The molecule has 218 valence electrons. The molecule has 0 unspecified atom stereocenters. The van der Waals surface area contributed by atoms with Gasteiger partial charge in [0, 0.05) is 48.2 Å². The Balaban J connectivity index is 1.37. The van der Waals surface area contributed by atoms with Crippen LogP contribution in [0.5, 0.6) is 0 Å². The molecule has 14 heteroatoms. The maximum Gasteiger partial charge on any atom is 0.224 e. The Hall–Kier alpha value is -5.08. The molecular formula is C29H26FN9O3S. The summed E-state index contributed by atoms with van der Waals surface area (Å²) in [5, 5.41) is 10.9. The molecule has 0 bridgehead atoms. The fraction of sp³-hybridized carbons (Fsp3) is 0.172. The summed E-state index contributed by atoms with van der Waals surface area (Å²) in [6, 6.07) is 8.06. The summed E-state index contributed by atoms with van der Waals surface area (Å²) in [5.74, 6) is -0.148. The monoisotopic (exact) mass is 599 g/mol. The minimum absolute atomic E-state index is 0.0586. The lowest BCUT2D eigenvalue weighted by Gasteiger charge is -2.07. The van der Waals surface area contributed by atoms with E-state index in [2.05, 4.69) is 40.2 Å². The van der Waals surface area contributed by atoms with Crippen molar-refractivity contribution in [1.82, 2.24) is 39.8 Å². The highest BCUT2D eigenvalue weighted by molar-refractivity contribution is 7.88. The first kappa shape index (κ1) is 28.1. The number of fused-ring (bicyclic) bond motifs is 2. The van der Waals surface area contributed by atoms with Crippen molar-refractivity contribution in [3.05, 3.63) is 72.7 Å². The predicted molar refractivity (Wildman–Crippen MR) is 161 cm³/mol. The summed E-state index contributed by atoms with van der Waals surface area (Å²) in [6.07, 6.45) is 10.4. The van der Waals surface area contributed by atoms with Crippen LogP contribution in [0, 0.1) is 5.82 Å². The van der Waals surface area contributed by atoms with Crippen molar-refractivity contribution in [3.8, 4) is 33.8 Å². The van der Waals surface area contributed by atoms with E-state index in [4.69, 9.17) is 4.98 Å². The van der Waals surface area contributed by atoms with Gasteiger partial charge in [-0.15, -0.1) is 0 Å². The summed E-state index contributed by atoms with van der Waals surface area (Å²) in [6.45, 7) is 1.88. The van der Waals surface area contributed by atoms with Gasteiger partial charge in [-0.25, -0.2) is 27.5 Å². The van der Waals surface area contributed by atoms with Crippen LogP contribution in [0.2, 0.25) is 0 Å². The maximum absolute atomic E-state index is 14.6. The van der Waals surface area contributed by atoms with E-state index in [1.165, 1.54) is 12.1 Å². The van der Waals surface area contributed by atoms with Gasteiger partial charge < -0.3 is 10.3 Å². The molecule has 1 aromatic carbocycles. The first-order chi connectivity index (χ1) is 20.7. The number of benzene rings is 1. The number of rotatable bonds is 9. The number of carbonyl (C=O) groups excluding carboxylic acids is 1. The molecule has 0 saturated heterocycles. The van der Waals surface area contributed by atoms with Crippen LogP contribution in [0.15, 0.2) is 61.3 Å². The van der Waals surface area contributed by atoms with Gasteiger partial charge in [0.2, 0.25) is 15.9 Å². The predicted octanol–water partition coefficient (Wildman–Crippen LogP) is 4.55. The topological polar surface area (TPSA) is 171 Å². The molecule has 0 aliphatic heterocycles. The van der Waals surface area contributed by atoms with Crippen molar-refractivity contribution in [3.63, 3.8) is 0 Å². The normalized spacial score (nSPS) is 11.8. The van der Waals surface area contributed by atoms with Gasteiger partial charge in [-0.1, -0.05) is 6.92 Å². The average Bonchev–Trinajstić information content (AvgIpc) is 3.59. The smallest absolute Gasteiger partial charge is 0.224 e. The Labute approximate surface area is 245 Å². The number of sulfonamides is 1. The van der Waals surface area contributed by atoms with Crippen LogP contribution in [-0.2, 0) is 21.4 Å². The SMILES string of the molecule is CCCC(=O)Nc1cncc(-c2cnc3[nH]nc(-c4nc5c(-c6cc(F)cc(CNS(C)(=O)=O)c6)cncc5[nH]4)c3c2)c1. The summed E-state index contributed by atoms with van der Waals surface area (Å²) < 4.78 is 40.0. The first-order valence-electron chi connectivity index (χ1n) is 13.3. The Morgan fingerprint density at radius 3 is 2.60 bits per heavy atom. The fourth-order valence-corrected chi connectivity index (χ4v) is 5.17. The minimum Gasteiger partial charge on any atom is -0.335 e. The van der Waals surface area contributed by atoms with E-state index in [0.29, 0.717) is 62.4 Å². The fourth-order valence-electron chi connectivity index (χ4n) is 4.74. The number of hydrogen-bond acceptors (Lipinski definition) is 8. The van der Waals surface area contributed by atoms with Crippen molar-refractivity contribution in [1.29, 1.82) is 0 Å². The minimum atomic E-state index is -3.45. The van der Waals surface area contributed by atoms with E-state index in [1.54, 1.807) is 37.1 Å². The van der Waals surface area contributed by atoms with Crippen LogP contribution in [0.25, 0.3) is 55.8 Å². The molecule has 0 atom stereocenters. The van der Waals surface area contributed by atoms with Gasteiger partial charge in [0.25, 0.3) is 0 Å². The molecule has 6 rings (SSSR count). The zero-order valence-electron chi connectivity index (χ0n) is 23.1. The van der Waals surface area contributed by atoms with E-state index in [1.807, 2.05) is 19.1 Å². The number of pyridine rings is 3. The molecule has 6 aromatic rings. The van der Waals surface area contributed by atoms with Crippen LogP contribution in [-0.4, -0.2) is 55.7 Å². The second kappa shape index (κ2) is 11.3. The second-order valence-corrected chi connectivity index (χ2v) is 11.9. The second-order valence-electron chi connectivity index (χ2n) is 10.1. The zero-order valence-corrected chi connectivity index (χ0v) is 24.0. The third-order valence-electron chi connectivity index (χ3n) is 6.67. The van der Waals surface area contributed by atoms with E-state index >= 15 is 0 Å². The highest BCUT2D eigenvalue weighted by atomic mass is 32.2. The largest absolute Gasteiger partial charge is 0.335 e. The summed E-state index contributed by atoms with van der Waals surface area (Å²) in [7, 11) is -3.45. The number of H-pyrrole nitrogens is 2. The van der Waals surface area contributed by atoms with Crippen LogP contribution in [0.3, 0.4) is 0 Å². The number of anilines is 1. The molecular weight excluding hydrogens is 573 g/mol. The van der Waals surface area contributed by atoms with Gasteiger partial charge >= 0.3 is 0 Å². The van der Waals surface area contributed by atoms with E-state index < -0.39 is 15.8 Å². The van der Waals surface area contributed by atoms with Crippen molar-refractivity contribution in [2.24, 2.45) is 0 Å². The van der Waals surface area contributed by atoms with E-state index in [0.717, 1.165) is 23.8 Å². The van der Waals surface area contributed by atoms with Gasteiger partial charge in [0.05, 0.1) is 40.8 Å². The molecule has 4 N–H and O–H groups in total. The maximum atomic E-state index is 14.6. The van der Waals surface area contributed by atoms with Gasteiger partial charge in [-0.05, 0) is 47.9 Å². The van der Waals surface area contributed by atoms with Crippen molar-refractivity contribution in [2.75, 3.05) is 11.6 Å². The molecule has 0 aliphatic carbocycles. The third-order valence-corrected chi connectivity index (χ3v) is 7.34. The number of amides is 1. The van der Waals surface area contributed by atoms with Crippen molar-refractivity contribution >= 4 is 43.7 Å². The molecule has 12 nitrogen and oxygen atoms in total. The molecule has 0 saturated carbocycles. The number of nitrogens with zero attached hydrogens (tertiary/aromatic N) is 5. The third kappa shape index (κ3) is 6.10. The lowest BCUT2D eigenvalue weighted by Crippen LogP contribution is -2.21. The Morgan fingerprint density at radius 2 is 1.79 bits per heavy atom. The molecule has 0 aliphatic rings. The highest BCUT2D eigenvalue weighted by Gasteiger charge is 2.18. The number of carbonyl (C=O) groups is 1. The Kier molecular flexibility index (Phi) is 7.38. The van der Waals surface area contributed by atoms with Crippen LogP contribution in [0.4, 0.5) is 10.1 Å². The standard InChI is InChI=1S/C29H26FN9O3S/c1-3-4-25(40)35-21-8-18(11-31-13-21)19-9-22-27(38-39-28(22)33-12-19)29-36-24-15-32-14-23(26(24)37-29)17-5-16(6-20(30)7-17)10-34-43(2,41)42/h5-9,11-15,34H,3-4,10H2,1-2H3,(H,35,40)(H,36,37)(H,33,38,39). The Morgan fingerprint density at radius 1 is 0.977 bits per heavy atom. The van der Waals surface area contributed by atoms with Crippen molar-refractivity contribution in [2.45, 2.75) is 26.3 Å². The van der Waals surface area contributed by atoms with E-state index in [9.17, 15) is 17.6 Å². The number of halogens is 1.